The van der Waals surface area contributed by atoms with E-state index in [0.29, 0.717) is 123 Å². The monoisotopic (exact) mass is 1380 g/mol. The Labute approximate surface area is 586 Å². The van der Waals surface area contributed by atoms with E-state index in [1.807, 2.05) is 147 Å². The second kappa shape index (κ2) is 62.7. The molecule has 0 N–H and O–H groups in total. The third kappa shape index (κ3) is 69.6. The maximum absolute atomic E-state index is 13.3. The molecular weight excluding hydrogens is 1260 g/mol. The molecule has 0 aliphatic heterocycles. The van der Waals surface area contributed by atoms with Crippen molar-refractivity contribution in [2.75, 3.05) is 64.7 Å². The zero-order valence-corrected chi connectivity index (χ0v) is 63.8. The van der Waals surface area contributed by atoms with Crippen LogP contribution in [0.4, 0.5) is 8.78 Å². The van der Waals surface area contributed by atoms with E-state index in [0.717, 1.165) is 42.0 Å². The highest BCUT2D eigenvalue weighted by Crippen LogP contribution is 2.25. The quantitative estimate of drug-likeness (QED) is 0.0410. The van der Waals surface area contributed by atoms with Crippen LogP contribution in [0.5, 0.6) is 11.5 Å². The van der Waals surface area contributed by atoms with Crippen molar-refractivity contribution in [2.45, 2.75) is 194 Å². The fraction of sp³-hybridized carbons (Fsp3) is 0.603. The zero-order valence-electron chi connectivity index (χ0n) is 62.1. The number of thioether (sulfide) groups is 2. The van der Waals surface area contributed by atoms with Gasteiger partial charge in [0.2, 0.25) is 5.78 Å². The highest BCUT2D eigenvalue weighted by Gasteiger charge is 2.41. The van der Waals surface area contributed by atoms with Crippen LogP contribution < -0.4 is 9.47 Å². The molecule has 544 valence electrons. The first-order valence-corrected chi connectivity index (χ1v) is 36.3. The molecule has 0 aliphatic carbocycles. The number of Topliss-reactive ketones (excluding diaryl/α,β-unsaturated/α-hetero) is 8. The third-order valence-electron chi connectivity index (χ3n) is 11.8. The Kier molecular flexibility index (Phi) is 63.1. The number of para-hydroxylation sites is 2. The van der Waals surface area contributed by atoms with E-state index in [2.05, 4.69) is 56.0 Å². The van der Waals surface area contributed by atoms with Gasteiger partial charge in [0.25, 0.3) is 0 Å². The normalized spacial score (nSPS) is 10.6. The summed E-state index contributed by atoms with van der Waals surface area (Å²) in [5.74, 6) is 6.21. The standard InChI is InChI=1S/C13H18O2.C12H14F2O2.C12H16O2.C11H15NO.C8H16O2.C8H16OS.C7H14O2.C7H14OS/c1-11(2)8-13(14)10-15-9-12-6-4-3-5-7-12;1-9(2)8-11(15)12(13,14)16-10-6-4-3-5-7-10;1-10(2)8-11(13)9-14-12-6-4-3-5-7-12;1-9(2)7-11(13)8-10-5-3-4-6-12-10;2*1-7(2)6-8(9)4-5-10-3;2*1-6(2)4-7(8)5-9-3/h3-7,11H,8-10H2,1-2H3;3-7,9H,8H2,1-2H3;3-7,10H,8-9H2,1-2H3;3-6,9H,7-8H2,1-2H3;2*7H,4-6H2,1-3H3;2*6H,4-5H2,1-3H3. The number of hydrogen-bond donors (Lipinski definition) is 0. The summed E-state index contributed by atoms with van der Waals surface area (Å²) in [5.41, 5.74) is 1.97. The number of methoxy groups -OCH3 is 2. The summed E-state index contributed by atoms with van der Waals surface area (Å²) in [4.78, 5) is 92.8. The van der Waals surface area contributed by atoms with Crippen molar-refractivity contribution in [3.05, 3.63) is 127 Å². The fourth-order valence-electron chi connectivity index (χ4n) is 7.88. The van der Waals surface area contributed by atoms with Gasteiger partial charge in [-0.05, 0) is 108 Å². The van der Waals surface area contributed by atoms with Crippen molar-refractivity contribution in [1.29, 1.82) is 0 Å². The van der Waals surface area contributed by atoms with Gasteiger partial charge in [0.05, 0.1) is 19.0 Å². The number of benzene rings is 3. The number of aromatic nitrogens is 1. The van der Waals surface area contributed by atoms with Crippen LogP contribution in [0.25, 0.3) is 0 Å². The Hall–Kier alpha value is -5.79. The van der Waals surface area contributed by atoms with Crippen LogP contribution in [0.2, 0.25) is 0 Å². The van der Waals surface area contributed by atoms with Gasteiger partial charge in [-0.1, -0.05) is 184 Å². The highest BCUT2D eigenvalue weighted by molar-refractivity contribution is 7.99. The molecule has 0 saturated heterocycles. The van der Waals surface area contributed by atoms with Gasteiger partial charge in [0.1, 0.15) is 54.5 Å². The smallest absolute Gasteiger partial charge is 0.461 e. The Morgan fingerprint density at radius 3 is 1.24 bits per heavy atom. The maximum atomic E-state index is 13.3. The number of alkyl halides is 2. The number of nitrogens with zero attached hydrogens (tertiary/aromatic N) is 1. The first kappa shape index (κ1) is 96.6. The topological polar surface area (TPSA) is 196 Å². The number of ketones is 8. The van der Waals surface area contributed by atoms with Gasteiger partial charge in [-0.15, -0.1) is 0 Å². The van der Waals surface area contributed by atoms with Crippen molar-refractivity contribution in [3.63, 3.8) is 0 Å². The van der Waals surface area contributed by atoms with Gasteiger partial charge in [-0.25, -0.2) is 0 Å². The van der Waals surface area contributed by atoms with Crippen molar-refractivity contribution >= 4 is 69.8 Å². The number of carbonyl (C=O) groups is 8. The van der Waals surface area contributed by atoms with Gasteiger partial charge >= 0.3 is 6.11 Å². The fourth-order valence-corrected chi connectivity index (χ4v) is 8.75. The molecule has 0 amide bonds. The molecule has 18 heteroatoms. The SMILES string of the molecule is CC(C)CC(=O)C(F)(F)Oc1ccccc1.CC(C)CC(=O)COCc1ccccc1.CC(C)CC(=O)COc1ccccc1.CC(C)CC(=O)Cc1ccccn1.COCC(=O)CC(C)C.COCCC(=O)CC(C)C.CSCC(=O)CC(C)C.CSCCC(=O)CC(C)C. The van der Waals surface area contributed by atoms with E-state index >= 15 is 0 Å². The van der Waals surface area contributed by atoms with E-state index in [4.69, 9.17) is 14.2 Å². The summed E-state index contributed by atoms with van der Waals surface area (Å²) in [6.45, 7) is 33.8. The molecule has 0 aliphatic rings. The van der Waals surface area contributed by atoms with E-state index in [1.165, 1.54) is 19.2 Å². The van der Waals surface area contributed by atoms with Crippen LogP contribution in [-0.2, 0) is 65.6 Å². The van der Waals surface area contributed by atoms with Crippen molar-refractivity contribution in [1.82, 2.24) is 4.98 Å². The van der Waals surface area contributed by atoms with Crippen LogP contribution in [0.15, 0.2) is 115 Å². The molecule has 3 aromatic carbocycles. The van der Waals surface area contributed by atoms with Crippen LogP contribution in [0.1, 0.15) is 186 Å². The van der Waals surface area contributed by atoms with Gasteiger partial charge < -0.3 is 23.7 Å². The van der Waals surface area contributed by atoms with Crippen molar-refractivity contribution < 1.29 is 70.8 Å². The number of hydrogen-bond acceptors (Lipinski definition) is 16. The minimum atomic E-state index is -3.74. The first-order chi connectivity index (χ1) is 45.1. The van der Waals surface area contributed by atoms with E-state index in [9.17, 15) is 47.1 Å². The Morgan fingerprint density at radius 1 is 0.427 bits per heavy atom. The summed E-state index contributed by atoms with van der Waals surface area (Å²) < 4.78 is 51.0. The molecule has 4 aromatic rings. The lowest BCUT2D eigenvalue weighted by Crippen LogP contribution is -2.35. The lowest BCUT2D eigenvalue weighted by Gasteiger charge is -2.17. The van der Waals surface area contributed by atoms with E-state index < -0.39 is 11.9 Å². The Bertz CT molecular complexity index is 2530. The maximum Gasteiger partial charge on any atom is 0.461 e. The Balaban J connectivity index is -0.000000509. The van der Waals surface area contributed by atoms with Gasteiger partial charge in [0, 0.05) is 96.7 Å². The predicted octanol–water partition coefficient (Wildman–Crippen LogP) is 18.2. The molecule has 1 aromatic heterocycles. The number of rotatable bonds is 38. The third-order valence-corrected chi connectivity index (χ3v) is 13.0. The summed E-state index contributed by atoms with van der Waals surface area (Å²) in [5, 5.41) is 0. The largest absolute Gasteiger partial charge is 0.486 e. The number of pyridine rings is 1. The molecule has 1 heterocycles. The van der Waals surface area contributed by atoms with Crippen molar-refractivity contribution in [3.8, 4) is 11.5 Å². The lowest BCUT2D eigenvalue weighted by molar-refractivity contribution is -0.191. The first-order valence-electron chi connectivity index (χ1n) is 33.5. The van der Waals surface area contributed by atoms with Gasteiger partial charge in [-0.3, -0.25) is 43.3 Å². The number of carbonyl (C=O) groups excluding carboxylic acids is 8. The molecular formula is C78H123F2NO13S2. The molecule has 14 nitrogen and oxygen atoms in total. The highest BCUT2D eigenvalue weighted by atomic mass is 32.2. The lowest BCUT2D eigenvalue weighted by atomic mass is 10.0. The average Bonchev–Trinajstić information content (AvgIpc) is 1.80. The van der Waals surface area contributed by atoms with E-state index in [1.54, 1.807) is 68.9 Å². The minimum absolute atomic E-state index is 0.00962. The van der Waals surface area contributed by atoms with Crippen LogP contribution in [0, 0.1) is 47.3 Å². The molecule has 0 spiro atoms. The van der Waals surface area contributed by atoms with Crippen LogP contribution >= 0.6 is 23.5 Å². The summed E-state index contributed by atoms with van der Waals surface area (Å²) in [7, 11) is 3.15. The molecule has 0 atom stereocenters. The number of ether oxygens (including phenoxy) is 5. The molecule has 4 rings (SSSR count). The minimum Gasteiger partial charge on any atom is -0.486 e. The summed E-state index contributed by atoms with van der Waals surface area (Å²) in [6, 6.07) is 32.5. The molecule has 0 saturated carbocycles. The van der Waals surface area contributed by atoms with E-state index in [-0.39, 0.29) is 61.0 Å². The number of halogens is 2. The molecule has 0 radical (unpaired) electrons. The molecule has 0 fully saturated rings. The second-order valence-corrected chi connectivity index (χ2v) is 28.2. The second-order valence-electron chi connectivity index (χ2n) is 26.3. The summed E-state index contributed by atoms with van der Waals surface area (Å²) in [6.07, 6.45) is 8.20. The van der Waals surface area contributed by atoms with Crippen LogP contribution in [0.3, 0.4) is 0 Å². The van der Waals surface area contributed by atoms with Gasteiger partial charge in [-0.2, -0.15) is 32.3 Å². The molecule has 0 bridgehead atoms. The summed E-state index contributed by atoms with van der Waals surface area (Å²) >= 11 is 3.34. The van der Waals surface area contributed by atoms with Crippen LogP contribution in [-0.4, -0.2) is 122 Å². The van der Waals surface area contributed by atoms with Crippen molar-refractivity contribution in [2.24, 2.45) is 47.3 Å². The zero-order chi connectivity index (χ0) is 73.9. The molecule has 96 heavy (non-hydrogen) atoms. The average molecular weight is 1380 g/mol. The Morgan fingerprint density at radius 2 is 0.823 bits per heavy atom. The predicted molar refractivity (Wildman–Crippen MR) is 393 cm³/mol. The van der Waals surface area contributed by atoms with Gasteiger partial charge in [0.15, 0.2) is 17.3 Å². The molecule has 0 unspecified atom stereocenters.